The normalized spacial score (nSPS) is 21.9. The van der Waals surface area contributed by atoms with Gasteiger partial charge in [-0.15, -0.1) is 0 Å². The van der Waals surface area contributed by atoms with Crippen LogP contribution in [0.15, 0.2) is 30.6 Å². The highest BCUT2D eigenvalue weighted by atomic mass is 16.2. The highest BCUT2D eigenvalue weighted by Crippen LogP contribution is 2.42. The quantitative estimate of drug-likeness (QED) is 0.839. The minimum Gasteiger partial charge on any atom is -0.308 e. The number of carbonyl (C=O) groups is 2. The molecule has 2 heterocycles. The van der Waals surface area contributed by atoms with E-state index in [2.05, 4.69) is 11.3 Å². The molecule has 27 heavy (non-hydrogen) atoms. The van der Waals surface area contributed by atoms with E-state index in [1.165, 1.54) is 12.8 Å². The Morgan fingerprint density at radius 1 is 1.07 bits per heavy atom. The van der Waals surface area contributed by atoms with E-state index in [9.17, 15) is 9.59 Å². The van der Waals surface area contributed by atoms with Gasteiger partial charge in [0.15, 0.2) is 0 Å². The van der Waals surface area contributed by atoms with Gasteiger partial charge in [-0.3, -0.25) is 14.3 Å². The number of anilines is 2. The fourth-order valence-corrected chi connectivity index (χ4v) is 4.07. The molecule has 1 aromatic heterocycles. The summed E-state index contributed by atoms with van der Waals surface area (Å²) in [6, 6.07) is 6.56. The number of carbonyl (C=O) groups excluding carboxylic acids is 2. The molecule has 6 heteroatoms. The SMILES string of the molecule is CC(=O)N1c2ccc(-c3cnn(C4CC4)c3)cc2N(C(=O)C2CC2)CC1C. The van der Waals surface area contributed by atoms with E-state index in [4.69, 9.17) is 0 Å². The maximum atomic E-state index is 12.9. The van der Waals surface area contributed by atoms with E-state index in [0.717, 1.165) is 35.3 Å². The van der Waals surface area contributed by atoms with E-state index in [1.807, 2.05) is 45.8 Å². The lowest BCUT2D eigenvalue weighted by atomic mass is 10.0. The molecule has 3 aliphatic rings. The van der Waals surface area contributed by atoms with Crippen molar-refractivity contribution in [1.29, 1.82) is 0 Å². The zero-order valence-electron chi connectivity index (χ0n) is 15.8. The molecule has 2 saturated carbocycles. The third-order valence-electron chi connectivity index (χ3n) is 5.80. The van der Waals surface area contributed by atoms with Crippen LogP contribution in [0.2, 0.25) is 0 Å². The van der Waals surface area contributed by atoms with Crippen LogP contribution in [0.5, 0.6) is 0 Å². The lowest BCUT2D eigenvalue weighted by Crippen LogP contribution is -2.51. The zero-order valence-corrected chi connectivity index (χ0v) is 15.8. The Bertz CT molecular complexity index is 926. The van der Waals surface area contributed by atoms with Gasteiger partial charge in [0.05, 0.1) is 29.7 Å². The third kappa shape index (κ3) is 2.83. The lowest BCUT2D eigenvalue weighted by Gasteiger charge is -2.41. The number of aromatic nitrogens is 2. The van der Waals surface area contributed by atoms with Gasteiger partial charge in [0.25, 0.3) is 0 Å². The standard InChI is InChI=1S/C21H24N4O2/c1-13-11-23(21(27)15-3-4-15)20-9-16(5-8-19(20)25(13)14(2)26)17-10-22-24(12-17)18-6-7-18/h5,8-10,12-13,15,18H,3-4,6-7,11H2,1-2H3. The van der Waals surface area contributed by atoms with Crippen LogP contribution < -0.4 is 9.80 Å². The maximum Gasteiger partial charge on any atom is 0.230 e. The molecule has 0 spiro atoms. The minimum absolute atomic E-state index is 0.0107. The Morgan fingerprint density at radius 3 is 2.52 bits per heavy atom. The molecule has 6 nitrogen and oxygen atoms in total. The van der Waals surface area contributed by atoms with Crippen molar-refractivity contribution in [2.24, 2.45) is 5.92 Å². The molecule has 5 rings (SSSR count). The average Bonchev–Trinajstić information content (AvgIpc) is 3.58. The number of amides is 2. The summed E-state index contributed by atoms with van der Waals surface area (Å²) in [5, 5.41) is 4.49. The highest BCUT2D eigenvalue weighted by molar-refractivity contribution is 6.06. The third-order valence-corrected chi connectivity index (χ3v) is 5.80. The molecule has 2 amide bonds. The van der Waals surface area contributed by atoms with Gasteiger partial charge in [-0.25, -0.2) is 0 Å². The molecule has 0 saturated heterocycles. The predicted molar refractivity (Wildman–Crippen MR) is 104 cm³/mol. The fourth-order valence-electron chi connectivity index (χ4n) is 4.07. The molecular formula is C21H24N4O2. The molecule has 2 aliphatic carbocycles. The zero-order chi connectivity index (χ0) is 18.7. The van der Waals surface area contributed by atoms with Crippen molar-refractivity contribution in [3.8, 4) is 11.1 Å². The van der Waals surface area contributed by atoms with Gasteiger partial charge in [-0.05, 0) is 50.3 Å². The van der Waals surface area contributed by atoms with Gasteiger partial charge < -0.3 is 9.80 Å². The molecule has 1 aromatic carbocycles. The molecule has 2 fully saturated rings. The Morgan fingerprint density at radius 2 is 1.85 bits per heavy atom. The predicted octanol–water partition coefficient (Wildman–Crippen LogP) is 3.38. The van der Waals surface area contributed by atoms with Crippen LogP contribution in [0, 0.1) is 5.92 Å². The van der Waals surface area contributed by atoms with E-state index in [-0.39, 0.29) is 23.8 Å². The summed E-state index contributed by atoms with van der Waals surface area (Å²) in [5.74, 6) is 0.351. The molecule has 0 radical (unpaired) electrons. The largest absolute Gasteiger partial charge is 0.308 e. The summed E-state index contributed by atoms with van der Waals surface area (Å²) in [4.78, 5) is 28.8. The molecule has 1 aliphatic heterocycles. The number of hydrogen-bond acceptors (Lipinski definition) is 3. The van der Waals surface area contributed by atoms with Gasteiger partial charge >= 0.3 is 0 Å². The first kappa shape index (κ1) is 16.5. The summed E-state index contributed by atoms with van der Waals surface area (Å²) < 4.78 is 2.03. The average molecular weight is 364 g/mol. The van der Waals surface area contributed by atoms with Crippen molar-refractivity contribution in [3.63, 3.8) is 0 Å². The van der Waals surface area contributed by atoms with Gasteiger partial charge in [0.2, 0.25) is 11.8 Å². The van der Waals surface area contributed by atoms with E-state index >= 15 is 0 Å². The number of benzene rings is 1. The van der Waals surface area contributed by atoms with Crippen LogP contribution in [0.4, 0.5) is 11.4 Å². The summed E-state index contributed by atoms with van der Waals surface area (Å²) in [6.07, 6.45) is 8.31. The fraction of sp³-hybridized carbons (Fsp3) is 0.476. The molecular weight excluding hydrogens is 340 g/mol. The topological polar surface area (TPSA) is 58.4 Å². The first-order valence-corrected chi connectivity index (χ1v) is 9.82. The van der Waals surface area contributed by atoms with E-state index in [0.29, 0.717) is 12.6 Å². The Kier molecular flexibility index (Phi) is 3.64. The van der Waals surface area contributed by atoms with Crippen LogP contribution in [0.1, 0.15) is 45.6 Å². The number of rotatable bonds is 3. The second-order valence-corrected chi connectivity index (χ2v) is 8.10. The van der Waals surface area contributed by atoms with Crippen molar-refractivity contribution < 1.29 is 9.59 Å². The Labute approximate surface area is 158 Å². The number of fused-ring (bicyclic) bond motifs is 1. The summed E-state index contributed by atoms with van der Waals surface area (Å²) in [6.45, 7) is 4.14. The van der Waals surface area contributed by atoms with E-state index < -0.39 is 0 Å². The van der Waals surface area contributed by atoms with Crippen molar-refractivity contribution in [2.45, 2.75) is 51.6 Å². The van der Waals surface area contributed by atoms with Gasteiger partial charge in [0.1, 0.15) is 0 Å². The second-order valence-electron chi connectivity index (χ2n) is 8.10. The van der Waals surface area contributed by atoms with E-state index in [1.54, 1.807) is 6.92 Å². The first-order valence-electron chi connectivity index (χ1n) is 9.82. The molecule has 1 unspecified atom stereocenters. The monoisotopic (exact) mass is 364 g/mol. The molecule has 2 aromatic rings. The summed E-state index contributed by atoms with van der Waals surface area (Å²) in [5.41, 5.74) is 3.76. The highest BCUT2D eigenvalue weighted by Gasteiger charge is 2.39. The van der Waals surface area contributed by atoms with Crippen LogP contribution in [0.25, 0.3) is 11.1 Å². The maximum absolute atomic E-state index is 12.9. The first-order chi connectivity index (χ1) is 13.0. The van der Waals surface area contributed by atoms with Gasteiger partial charge in [0, 0.05) is 31.1 Å². The van der Waals surface area contributed by atoms with Crippen LogP contribution in [-0.4, -0.2) is 34.2 Å². The summed E-state index contributed by atoms with van der Waals surface area (Å²) in [7, 11) is 0. The molecule has 140 valence electrons. The van der Waals surface area contributed by atoms with Crippen molar-refractivity contribution >= 4 is 23.2 Å². The van der Waals surface area contributed by atoms with Crippen LogP contribution >= 0.6 is 0 Å². The molecule has 0 N–H and O–H groups in total. The number of hydrogen-bond donors (Lipinski definition) is 0. The Hall–Kier alpha value is -2.63. The molecule has 1 atom stereocenters. The summed E-state index contributed by atoms with van der Waals surface area (Å²) >= 11 is 0. The molecule has 0 bridgehead atoms. The van der Waals surface area contributed by atoms with Crippen LogP contribution in [0.3, 0.4) is 0 Å². The van der Waals surface area contributed by atoms with Gasteiger partial charge in [-0.2, -0.15) is 5.10 Å². The van der Waals surface area contributed by atoms with Crippen LogP contribution in [-0.2, 0) is 9.59 Å². The number of nitrogens with zero attached hydrogens (tertiary/aromatic N) is 4. The van der Waals surface area contributed by atoms with Crippen molar-refractivity contribution in [2.75, 3.05) is 16.3 Å². The lowest BCUT2D eigenvalue weighted by molar-refractivity contribution is -0.120. The van der Waals surface area contributed by atoms with Crippen molar-refractivity contribution in [3.05, 3.63) is 30.6 Å². The second kappa shape index (κ2) is 5.94. The Balaban J connectivity index is 1.57. The minimum atomic E-state index is -0.0267. The smallest absolute Gasteiger partial charge is 0.230 e. The van der Waals surface area contributed by atoms with Crippen molar-refractivity contribution in [1.82, 2.24) is 9.78 Å². The van der Waals surface area contributed by atoms with Gasteiger partial charge in [-0.1, -0.05) is 6.07 Å².